The number of piperidine rings is 1. The van der Waals surface area contributed by atoms with E-state index in [0.717, 1.165) is 43.6 Å². The van der Waals surface area contributed by atoms with Crippen LogP contribution in [0.2, 0.25) is 0 Å². The van der Waals surface area contributed by atoms with Gasteiger partial charge in [0.25, 0.3) is 5.91 Å². The van der Waals surface area contributed by atoms with E-state index in [1.54, 1.807) is 24.5 Å². The van der Waals surface area contributed by atoms with E-state index in [2.05, 4.69) is 40.5 Å². The molecule has 0 atom stereocenters. The van der Waals surface area contributed by atoms with Gasteiger partial charge in [0.15, 0.2) is 0 Å². The fourth-order valence-electron chi connectivity index (χ4n) is 3.73. The van der Waals surface area contributed by atoms with Crippen molar-refractivity contribution in [3.8, 4) is 0 Å². The normalized spacial score (nSPS) is 15.5. The highest BCUT2D eigenvalue weighted by molar-refractivity contribution is 5.94. The maximum Gasteiger partial charge on any atom is 0.253 e. The minimum atomic E-state index is 0.116. The van der Waals surface area contributed by atoms with Crippen LogP contribution in [0.15, 0.2) is 43.0 Å². The van der Waals surface area contributed by atoms with Crippen LogP contribution in [0.3, 0.4) is 0 Å². The Morgan fingerprint density at radius 3 is 2.54 bits per heavy atom. The molecule has 3 heterocycles. The van der Waals surface area contributed by atoms with Gasteiger partial charge in [-0.25, -0.2) is 4.98 Å². The zero-order valence-corrected chi connectivity index (χ0v) is 15.4. The molecule has 0 saturated carbocycles. The third-order valence-corrected chi connectivity index (χ3v) is 5.52. The Morgan fingerprint density at radius 2 is 1.81 bits per heavy atom. The number of aryl methyl sites for hydroxylation is 2. The SMILES string of the molecule is Cc1cc2ncn(CC3CCN(C(=O)c4ccncc4)CC3)c2cc1C. The molecule has 26 heavy (non-hydrogen) atoms. The molecule has 1 aliphatic rings. The lowest BCUT2D eigenvalue weighted by Gasteiger charge is -2.32. The van der Waals surface area contributed by atoms with Crippen LogP contribution in [0.1, 0.15) is 34.3 Å². The number of fused-ring (bicyclic) bond motifs is 1. The number of carbonyl (C=O) groups is 1. The van der Waals surface area contributed by atoms with E-state index in [-0.39, 0.29) is 5.91 Å². The van der Waals surface area contributed by atoms with Crippen molar-refractivity contribution in [2.75, 3.05) is 13.1 Å². The van der Waals surface area contributed by atoms with Crippen LogP contribution in [0, 0.1) is 19.8 Å². The predicted octanol–water partition coefficient (Wildman–Crippen LogP) is 3.60. The van der Waals surface area contributed by atoms with Crippen LogP contribution in [0.25, 0.3) is 11.0 Å². The zero-order valence-electron chi connectivity index (χ0n) is 15.4. The summed E-state index contributed by atoms with van der Waals surface area (Å²) in [4.78, 5) is 23.1. The van der Waals surface area contributed by atoms with Crippen molar-refractivity contribution in [3.05, 3.63) is 59.7 Å². The molecule has 5 heteroatoms. The highest BCUT2D eigenvalue weighted by Gasteiger charge is 2.24. The molecule has 1 aliphatic heterocycles. The number of nitrogens with zero attached hydrogens (tertiary/aromatic N) is 4. The Morgan fingerprint density at radius 1 is 1.12 bits per heavy atom. The van der Waals surface area contributed by atoms with Crippen LogP contribution in [-0.2, 0) is 6.54 Å². The summed E-state index contributed by atoms with van der Waals surface area (Å²) in [6.45, 7) is 6.88. The molecule has 0 unspecified atom stereocenters. The van der Waals surface area contributed by atoms with Crippen molar-refractivity contribution >= 4 is 16.9 Å². The minimum absolute atomic E-state index is 0.116. The van der Waals surface area contributed by atoms with Crippen LogP contribution in [0.4, 0.5) is 0 Å². The summed E-state index contributed by atoms with van der Waals surface area (Å²) in [5.74, 6) is 0.695. The summed E-state index contributed by atoms with van der Waals surface area (Å²) in [5.41, 5.74) is 5.59. The number of hydrogen-bond donors (Lipinski definition) is 0. The average molecular weight is 348 g/mol. The average Bonchev–Trinajstić information content (AvgIpc) is 3.04. The van der Waals surface area contributed by atoms with E-state index >= 15 is 0 Å². The van der Waals surface area contributed by atoms with Crippen molar-refractivity contribution in [1.82, 2.24) is 19.4 Å². The van der Waals surface area contributed by atoms with E-state index in [4.69, 9.17) is 0 Å². The molecule has 0 aliphatic carbocycles. The second-order valence-electron chi connectivity index (χ2n) is 7.29. The van der Waals surface area contributed by atoms with Crippen molar-refractivity contribution in [1.29, 1.82) is 0 Å². The maximum absolute atomic E-state index is 12.6. The van der Waals surface area contributed by atoms with Crippen molar-refractivity contribution in [2.45, 2.75) is 33.2 Å². The molecule has 1 amide bonds. The van der Waals surface area contributed by atoms with E-state index in [0.29, 0.717) is 5.92 Å². The first-order valence-corrected chi connectivity index (χ1v) is 9.23. The topological polar surface area (TPSA) is 51.0 Å². The van der Waals surface area contributed by atoms with E-state index in [9.17, 15) is 4.79 Å². The van der Waals surface area contributed by atoms with E-state index < -0.39 is 0 Å². The third-order valence-electron chi connectivity index (χ3n) is 5.52. The second kappa shape index (κ2) is 6.90. The van der Waals surface area contributed by atoms with Gasteiger partial charge in [-0.05, 0) is 68.0 Å². The summed E-state index contributed by atoms with van der Waals surface area (Å²) >= 11 is 0. The van der Waals surface area contributed by atoms with Gasteiger partial charge in [-0.3, -0.25) is 9.78 Å². The van der Waals surface area contributed by atoms with Gasteiger partial charge in [0.2, 0.25) is 0 Å². The molecule has 1 fully saturated rings. The molecule has 3 aromatic rings. The van der Waals surface area contributed by atoms with Gasteiger partial charge in [0.1, 0.15) is 0 Å². The first-order chi connectivity index (χ1) is 12.6. The third kappa shape index (κ3) is 3.21. The van der Waals surface area contributed by atoms with Crippen LogP contribution in [-0.4, -0.2) is 38.4 Å². The number of amides is 1. The fraction of sp³-hybridized carbons (Fsp3) is 0.381. The highest BCUT2D eigenvalue weighted by atomic mass is 16.2. The lowest BCUT2D eigenvalue weighted by Crippen LogP contribution is -2.39. The molecule has 0 N–H and O–H groups in total. The molecule has 0 spiro atoms. The number of carbonyl (C=O) groups excluding carboxylic acids is 1. The number of pyridine rings is 1. The van der Waals surface area contributed by atoms with Gasteiger partial charge in [-0.15, -0.1) is 0 Å². The fourth-order valence-corrected chi connectivity index (χ4v) is 3.73. The molecule has 1 aromatic carbocycles. The van der Waals surface area contributed by atoms with Crippen molar-refractivity contribution in [2.24, 2.45) is 5.92 Å². The first-order valence-electron chi connectivity index (χ1n) is 9.23. The monoisotopic (exact) mass is 348 g/mol. The van der Waals surface area contributed by atoms with Crippen LogP contribution in [0.5, 0.6) is 0 Å². The number of hydrogen-bond acceptors (Lipinski definition) is 3. The summed E-state index contributed by atoms with van der Waals surface area (Å²) in [6.07, 6.45) is 7.36. The van der Waals surface area contributed by atoms with Gasteiger partial charge < -0.3 is 9.47 Å². The summed E-state index contributed by atoms with van der Waals surface area (Å²) in [6, 6.07) is 7.98. The second-order valence-corrected chi connectivity index (χ2v) is 7.29. The van der Waals surface area contributed by atoms with Crippen molar-refractivity contribution < 1.29 is 4.79 Å². The molecule has 5 nitrogen and oxygen atoms in total. The standard InChI is InChI=1S/C21H24N4O/c1-15-11-19-20(12-16(15)2)25(14-23-19)13-17-5-9-24(10-6-17)21(26)18-3-7-22-8-4-18/h3-4,7-8,11-12,14,17H,5-6,9-10,13H2,1-2H3. The zero-order chi connectivity index (χ0) is 18.1. The quantitative estimate of drug-likeness (QED) is 0.727. The van der Waals surface area contributed by atoms with E-state index in [1.165, 1.54) is 16.6 Å². The summed E-state index contributed by atoms with van der Waals surface area (Å²) in [7, 11) is 0. The van der Waals surface area contributed by atoms with Gasteiger partial charge in [0.05, 0.1) is 17.4 Å². The number of rotatable bonds is 3. The van der Waals surface area contributed by atoms with Gasteiger partial charge in [0, 0.05) is 37.6 Å². The molecule has 134 valence electrons. The predicted molar refractivity (Wildman–Crippen MR) is 102 cm³/mol. The van der Waals surface area contributed by atoms with Gasteiger partial charge in [-0.2, -0.15) is 0 Å². The molecule has 0 radical (unpaired) electrons. The summed E-state index contributed by atoms with van der Waals surface area (Å²) in [5, 5.41) is 0. The Hall–Kier alpha value is -2.69. The van der Waals surface area contributed by atoms with Gasteiger partial charge >= 0.3 is 0 Å². The number of aromatic nitrogens is 3. The molecule has 1 saturated heterocycles. The first kappa shape index (κ1) is 16.8. The number of likely N-dealkylation sites (tertiary alicyclic amines) is 1. The van der Waals surface area contributed by atoms with Crippen molar-refractivity contribution in [3.63, 3.8) is 0 Å². The van der Waals surface area contributed by atoms with Crippen LogP contribution >= 0.6 is 0 Å². The molecular formula is C21H24N4O. The Labute approximate surface area is 153 Å². The Balaban J connectivity index is 1.41. The Bertz CT molecular complexity index is 924. The molecule has 4 rings (SSSR count). The molecular weight excluding hydrogens is 324 g/mol. The Kier molecular flexibility index (Phi) is 4.45. The molecule has 0 bridgehead atoms. The number of imidazole rings is 1. The highest BCUT2D eigenvalue weighted by Crippen LogP contribution is 2.24. The number of benzene rings is 1. The smallest absolute Gasteiger partial charge is 0.253 e. The lowest BCUT2D eigenvalue weighted by molar-refractivity contribution is 0.0683. The van der Waals surface area contributed by atoms with Crippen LogP contribution < -0.4 is 0 Å². The van der Waals surface area contributed by atoms with Gasteiger partial charge in [-0.1, -0.05) is 0 Å². The van der Waals surface area contributed by atoms with E-state index in [1.807, 2.05) is 11.2 Å². The largest absolute Gasteiger partial charge is 0.339 e. The lowest BCUT2D eigenvalue weighted by atomic mass is 9.96. The maximum atomic E-state index is 12.6. The minimum Gasteiger partial charge on any atom is -0.339 e. The summed E-state index contributed by atoms with van der Waals surface area (Å²) < 4.78 is 2.27. The molecule has 2 aromatic heterocycles.